The number of hydrogen-bond donors (Lipinski definition) is 1. The highest BCUT2D eigenvalue weighted by Gasteiger charge is 2.26. The predicted molar refractivity (Wildman–Crippen MR) is 91.5 cm³/mol. The van der Waals surface area contributed by atoms with Gasteiger partial charge in [0.25, 0.3) is 5.91 Å². The predicted octanol–water partition coefficient (Wildman–Crippen LogP) is 2.22. The monoisotopic (exact) mass is 334 g/mol. The Hall–Kier alpha value is -2.24. The molecule has 0 radical (unpaired) electrons. The number of likely N-dealkylation sites (tertiary alicyclic amines) is 1. The lowest BCUT2D eigenvalue weighted by Gasteiger charge is -2.35. The molecule has 1 fully saturated rings. The zero-order chi connectivity index (χ0) is 17.5. The number of ether oxygens (including phenoxy) is 2. The van der Waals surface area contributed by atoms with Crippen molar-refractivity contribution in [2.45, 2.75) is 38.6 Å². The highest BCUT2D eigenvalue weighted by Crippen LogP contribution is 2.28. The summed E-state index contributed by atoms with van der Waals surface area (Å²) in [5, 5.41) is 2.70. The van der Waals surface area contributed by atoms with Crippen LogP contribution in [-0.4, -0.2) is 50.1 Å². The molecule has 24 heavy (non-hydrogen) atoms. The summed E-state index contributed by atoms with van der Waals surface area (Å²) in [7, 11) is 2.99. The molecular formula is C18H26N2O4. The van der Waals surface area contributed by atoms with Crippen LogP contribution in [0.4, 0.5) is 0 Å². The minimum absolute atomic E-state index is 0.0173. The largest absolute Gasteiger partial charge is 0.496 e. The molecule has 0 bridgehead atoms. The normalized spacial score (nSPS) is 17.3. The molecule has 2 amide bonds. The van der Waals surface area contributed by atoms with Crippen LogP contribution in [0.1, 0.15) is 43.0 Å². The standard InChI is InChI=1S/C18H26N2O4/c1-4-13-8-5-6-11-20(13)16(21)12-19-18(22)17-14(23-2)9-7-10-15(17)24-3/h7,9-10,13H,4-6,8,11-12H2,1-3H3,(H,19,22). The lowest BCUT2D eigenvalue weighted by Crippen LogP contribution is -2.47. The number of benzene rings is 1. The van der Waals surface area contributed by atoms with Crippen molar-refractivity contribution < 1.29 is 19.1 Å². The Morgan fingerprint density at radius 3 is 2.46 bits per heavy atom. The zero-order valence-electron chi connectivity index (χ0n) is 14.6. The van der Waals surface area contributed by atoms with Crippen LogP contribution < -0.4 is 14.8 Å². The zero-order valence-corrected chi connectivity index (χ0v) is 14.6. The number of rotatable bonds is 6. The first-order chi connectivity index (χ1) is 11.6. The van der Waals surface area contributed by atoms with Crippen molar-refractivity contribution in [3.8, 4) is 11.5 Å². The number of carbonyl (C=O) groups excluding carboxylic acids is 2. The van der Waals surface area contributed by atoms with E-state index < -0.39 is 0 Å². The van der Waals surface area contributed by atoms with Gasteiger partial charge < -0.3 is 19.7 Å². The van der Waals surface area contributed by atoms with Crippen LogP contribution in [0, 0.1) is 0 Å². The van der Waals surface area contributed by atoms with Crippen LogP contribution in [0.25, 0.3) is 0 Å². The first-order valence-corrected chi connectivity index (χ1v) is 8.41. The van der Waals surface area contributed by atoms with Gasteiger partial charge in [0.1, 0.15) is 17.1 Å². The third-order valence-corrected chi connectivity index (χ3v) is 4.47. The SMILES string of the molecule is CCC1CCCCN1C(=O)CNC(=O)c1c(OC)cccc1OC. The van der Waals surface area contributed by atoms with Gasteiger partial charge in [-0.25, -0.2) is 0 Å². The van der Waals surface area contributed by atoms with Crippen molar-refractivity contribution >= 4 is 11.8 Å². The minimum Gasteiger partial charge on any atom is -0.496 e. The summed E-state index contributed by atoms with van der Waals surface area (Å²) in [6, 6.07) is 5.41. The molecule has 6 nitrogen and oxygen atoms in total. The van der Waals surface area contributed by atoms with Crippen molar-refractivity contribution in [1.29, 1.82) is 0 Å². The molecule has 1 aliphatic heterocycles. The van der Waals surface area contributed by atoms with Gasteiger partial charge in [-0.05, 0) is 37.8 Å². The number of carbonyl (C=O) groups is 2. The Kier molecular flexibility index (Phi) is 6.46. The Morgan fingerprint density at radius 2 is 1.88 bits per heavy atom. The molecule has 2 rings (SSSR count). The van der Waals surface area contributed by atoms with Crippen LogP contribution >= 0.6 is 0 Å². The van der Waals surface area contributed by atoms with Gasteiger partial charge in [0.15, 0.2) is 0 Å². The van der Waals surface area contributed by atoms with Gasteiger partial charge in [-0.1, -0.05) is 13.0 Å². The van der Waals surface area contributed by atoms with E-state index in [-0.39, 0.29) is 24.4 Å². The van der Waals surface area contributed by atoms with E-state index in [0.717, 1.165) is 32.2 Å². The number of amides is 2. The lowest BCUT2D eigenvalue weighted by molar-refractivity contribution is -0.133. The van der Waals surface area contributed by atoms with E-state index in [4.69, 9.17) is 9.47 Å². The van der Waals surface area contributed by atoms with E-state index in [1.54, 1.807) is 18.2 Å². The van der Waals surface area contributed by atoms with E-state index in [2.05, 4.69) is 12.2 Å². The maximum atomic E-state index is 12.5. The van der Waals surface area contributed by atoms with Gasteiger partial charge in [-0.2, -0.15) is 0 Å². The van der Waals surface area contributed by atoms with Gasteiger partial charge >= 0.3 is 0 Å². The highest BCUT2D eigenvalue weighted by molar-refractivity contribution is 6.01. The van der Waals surface area contributed by atoms with Crippen LogP contribution in [-0.2, 0) is 4.79 Å². The van der Waals surface area contributed by atoms with Gasteiger partial charge in [-0.15, -0.1) is 0 Å². The number of nitrogens with one attached hydrogen (secondary N) is 1. The summed E-state index contributed by atoms with van der Waals surface area (Å²) in [4.78, 5) is 26.9. The van der Waals surface area contributed by atoms with Gasteiger partial charge in [0, 0.05) is 12.6 Å². The van der Waals surface area contributed by atoms with E-state index in [9.17, 15) is 9.59 Å². The second kappa shape index (κ2) is 8.57. The fourth-order valence-corrected chi connectivity index (χ4v) is 3.17. The number of piperidine rings is 1. The van der Waals surface area contributed by atoms with E-state index in [1.165, 1.54) is 14.2 Å². The fraction of sp³-hybridized carbons (Fsp3) is 0.556. The topological polar surface area (TPSA) is 67.9 Å². The summed E-state index contributed by atoms with van der Waals surface area (Å²) >= 11 is 0. The quantitative estimate of drug-likeness (QED) is 0.866. The van der Waals surface area contributed by atoms with Crippen LogP contribution in [0.15, 0.2) is 18.2 Å². The average molecular weight is 334 g/mol. The Balaban J connectivity index is 2.04. The molecule has 0 saturated carbocycles. The van der Waals surface area contributed by atoms with Crippen LogP contribution in [0.3, 0.4) is 0 Å². The molecule has 1 unspecified atom stereocenters. The summed E-state index contributed by atoms with van der Waals surface area (Å²) in [5.41, 5.74) is 0.306. The number of nitrogens with zero attached hydrogens (tertiary/aromatic N) is 1. The van der Waals surface area contributed by atoms with Crippen molar-refractivity contribution in [2.24, 2.45) is 0 Å². The fourth-order valence-electron chi connectivity index (χ4n) is 3.17. The molecule has 1 heterocycles. The second-order valence-corrected chi connectivity index (χ2v) is 5.87. The van der Waals surface area contributed by atoms with Crippen molar-refractivity contribution in [2.75, 3.05) is 27.3 Å². The van der Waals surface area contributed by atoms with Crippen molar-refractivity contribution in [3.63, 3.8) is 0 Å². The minimum atomic E-state index is -0.372. The Labute approximate surface area is 143 Å². The smallest absolute Gasteiger partial charge is 0.259 e. The molecule has 0 aliphatic carbocycles. The first-order valence-electron chi connectivity index (χ1n) is 8.41. The highest BCUT2D eigenvalue weighted by atomic mass is 16.5. The molecular weight excluding hydrogens is 308 g/mol. The summed E-state index contributed by atoms with van der Waals surface area (Å²) in [6.07, 6.45) is 4.17. The molecule has 1 aromatic rings. The molecule has 132 valence electrons. The lowest BCUT2D eigenvalue weighted by atomic mass is 10.00. The molecule has 0 aromatic heterocycles. The summed E-state index contributed by atoms with van der Waals surface area (Å²) in [5.74, 6) is 0.430. The molecule has 6 heteroatoms. The van der Waals surface area contributed by atoms with Gasteiger partial charge in [-0.3, -0.25) is 9.59 Å². The molecule has 1 N–H and O–H groups in total. The Morgan fingerprint density at radius 1 is 1.21 bits per heavy atom. The number of methoxy groups -OCH3 is 2. The number of hydrogen-bond acceptors (Lipinski definition) is 4. The maximum absolute atomic E-state index is 12.5. The molecule has 1 saturated heterocycles. The first kappa shape index (κ1) is 18.1. The van der Waals surface area contributed by atoms with Crippen LogP contribution in [0.2, 0.25) is 0 Å². The second-order valence-electron chi connectivity index (χ2n) is 5.87. The third-order valence-electron chi connectivity index (χ3n) is 4.47. The molecule has 1 aliphatic rings. The van der Waals surface area contributed by atoms with Crippen LogP contribution in [0.5, 0.6) is 11.5 Å². The van der Waals surface area contributed by atoms with E-state index >= 15 is 0 Å². The third kappa shape index (κ3) is 3.99. The van der Waals surface area contributed by atoms with Crippen molar-refractivity contribution in [1.82, 2.24) is 10.2 Å². The molecule has 1 aromatic carbocycles. The average Bonchev–Trinajstić information content (AvgIpc) is 2.64. The maximum Gasteiger partial charge on any atom is 0.259 e. The molecule has 0 spiro atoms. The van der Waals surface area contributed by atoms with E-state index in [1.807, 2.05) is 4.90 Å². The van der Waals surface area contributed by atoms with Gasteiger partial charge in [0.2, 0.25) is 5.91 Å². The summed E-state index contributed by atoms with van der Waals surface area (Å²) < 4.78 is 10.5. The molecule has 1 atom stereocenters. The Bertz CT molecular complexity index is 566. The van der Waals surface area contributed by atoms with Gasteiger partial charge in [0.05, 0.1) is 20.8 Å². The van der Waals surface area contributed by atoms with Crippen molar-refractivity contribution in [3.05, 3.63) is 23.8 Å². The van der Waals surface area contributed by atoms with E-state index in [0.29, 0.717) is 17.1 Å². The summed E-state index contributed by atoms with van der Waals surface area (Å²) in [6.45, 7) is 2.84.